The van der Waals surface area contributed by atoms with Crippen LogP contribution in [-0.4, -0.2) is 119 Å². The van der Waals surface area contributed by atoms with Gasteiger partial charge in [0.1, 0.15) is 18.6 Å². The lowest BCUT2D eigenvalue weighted by Gasteiger charge is -2.09. The lowest BCUT2D eigenvalue weighted by molar-refractivity contribution is -0.0236. The van der Waals surface area contributed by atoms with Crippen molar-refractivity contribution < 1.29 is 47.4 Å². The Kier molecular flexibility index (Phi) is 28.6. The molecule has 0 aromatic heterocycles. The van der Waals surface area contributed by atoms with Crippen LogP contribution >= 0.6 is 0 Å². The zero-order valence-electron chi connectivity index (χ0n) is 25.2. The summed E-state index contributed by atoms with van der Waals surface area (Å²) < 4.78 is 49.5. The number of ether oxygens (including phenoxy) is 9. The van der Waals surface area contributed by atoms with Crippen molar-refractivity contribution in [2.24, 2.45) is 0 Å². The van der Waals surface area contributed by atoms with Crippen LogP contribution in [-0.2, 0) is 37.9 Å². The van der Waals surface area contributed by atoms with Gasteiger partial charge in [-0.3, -0.25) is 4.79 Å². The predicted octanol–water partition coefficient (Wildman–Crippen LogP) is 4.37. The largest absolute Gasteiger partial charge is 0.491 e. The number of hydrogen-bond acceptors (Lipinski definition) is 10. The van der Waals surface area contributed by atoms with Gasteiger partial charge in [0.25, 0.3) is 0 Å². The van der Waals surface area contributed by atoms with Gasteiger partial charge in [0.15, 0.2) is 0 Å². The molecule has 0 bridgehead atoms. The van der Waals surface area contributed by atoms with E-state index in [1.54, 1.807) is 24.3 Å². The normalized spacial score (nSPS) is 11.2. The highest BCUT2D eigenvalue weighted by Gasteiger charge is 1.97. The molecule has 10 heteroatoms. The molecule has 0 radical (unpaired) electrons. The van der Waals surface area contributed by atoms with E-state index in [-0.39, 0.29) is 0 Å². The maximum Gasteiger partial charge on any atom is 0.150 e. The van der Waals surface area contributed by atoms with Gasteiger partial charge in [-0.2, -0.15) is 0 Å². The van der Waals surface area contributed by atoms with Gasteiger partial charge < -0.3 is 42.6 Å². The first kappa shape index (κ1) is 37.4. The molecule has 0 saturated heterocycles. The Bertz CT molecular complexity index is 659. The summed E-state index contributed by atoms with van der Waals surface area (Å²) in [5.41, 5.74) is 0.623. The third-order valence-electron chi connectivity index (χ3n) is 5.76. The highest BCUT2D eigenvalue weighted by Crippen LogP contribution is 2.10. The second kappa shape index (κ2) is 31.3. The molecule has 0 fully saturated rings. The fourth-order valence-electron chi connectivity index (χ4n) is 3.49. The van der Waals surface area contributed by atoms with Crippen LogP contribution in [0.1, 0.15) is 55.8 Å². The average Bonchev–Trinajstić information content (AvgIpc) is 3.00. The molecule has 0 aliphatic rings. The fourth-order valence-corrected chi connectivity index (χ4v) is 3.49. The van der Waals surface area contributed by atoms with E-state index < -0.39 is 0 Å². The highest BCUT2D eigenvalue weighted by molar-refractivity contribution is 5.74. The number of aldehydes is 1. The standard InChI is InChI=1S/C31H54O10/c1-2-3-4-5-6-7-12-33-13-14-34-15-16-35-17-18-36-19-20-37-21-22-38-23-24-39-25-26-40-27-28-41-31-10-8-30(29-32)9-11-31/h8-11,29H,2-7,12-28H2,1H3. The molecule has 0 heterocycles. The molecule has 1 aromatic rings. The molecule has 41 heavy (non-hydrogen) atoms. The van der Waals surface area contributed by atoms with E-state index in [1.165, 1.54) is 32.1 Å². The van der Waals surface area contributed by atoms with Gasteiger partial charge in [0.2, 0.25) is 0 Å². The maximum absolute atomic E-state index is 10.6. The summed E-state index contributed by atoms with van der Waals surface area (Å²) in [4.78, 5) is 10.6. The van der Waals surface area contributed by atoms with E-state index in [2.05, 4.69) is 6.92 Å². The van der Waals surface area contributed by atoms with E-state index in [9.17, 15) is 4.79 Å². The molecule has 0 spiro atoms. The zero-order chi connectivity index (χ0) is 29.3. The molecule has 0 aliphatic heterocycles. The topological polar surface area (TPSA) is 100 Å². The van der Waals surface area contributed by atoms with Gasteiger partial charge in [0.05, 0.1) is 99.1 Å². The quantitative estimate of drug-likeness (QED) is 0.0872. The van der Waals surface area contributed by atoms with Gasteiger partial charge in [-0.1, -0.05) is 39.0 Å². The van der Waals surface area contributed by atoms with Gasteiger partial charge >= 0.3 is 0 Å². The van der Waals surface area contributed by atoms with Crippen LogP contribution in [0.25, 0.3) is 0 Å². The Balaban J connectivity index is 1.65. The van der Waals surface area contributed by atoms with Crippen molar-refractivity contribution in [3.8, 4) is 5.75 Å². The molecule has 0 aliphatic carbocycles. The number of benzene rings is 1. The Morgan fingerprint density at radius 3 is 1.17 bits per heavy atom. The van der Waals surface area contributed by atoms with E-state index in [1.807, 2.05) is 0 Å². The maximum atomic E-state index is 10.6. The molecule has 1 rings (SSSR count). The Hall–Kier alpha value is -1.63. The molecule has 0 atom stereocenters. The van der Waals surface area contributed by atoms with Gasteiger partial charge in [0, 0.05) is 12.2 Å². The molecule has 10 nitrogen and oxygen atoms in total. The molecule has 0 unspecified atom stereocenters. The summed E-state index contributed by atoms with van der Waals surface area (Å²) in [6.45, 7) is 11.5. The summed E-state index contributed by atoms with van der Waals surface area (Å²) in [6, 6.07) is 6.95. The first-order valence-electron chi connectivity index (χ1n) is 15.2. The van der Waals surface area contributed by atoms with Crippen LogP contribution in [0.15, 0.2) is 24.3 Å². The number of rotatable bonds is 33. The minimum Gasteiger partial charge on any atom is -0.491 e. The Morgan fingerprint density at radius 2 is 0.780 bits per heavy atom. The smallest absolute Gasteiger partial charge is 0.150 e. The molecule has 1 aromatic carbocycles. The second-order valence-corrected chi connectivity index (χ2v) is 9.20. The van der Waals surface area contributed by atoms with Crippen molar-refractivity contribution in [3.63, 3.8) is 0 Å². The van der Waals surface area contributed by atoms with Crippen LogP contribution in [0.5, 0.6) is 5.75 Å². The third kappa shape index (κ3) is 27.0. The lowest BCUT2D eigenvalue weighted by Crippen LogP contribution is -2.15. The molecule has 0 amide bonds. The Morgan fingerprint density at radius 1 is 0.439 bits per heavy atom. The van der Waals surface area contributed by atoms with Crippen LogP contribution in [0, 0.1) is 0 Å². The average molecular weight is 587 g/mol. The van der Waals surface area contributed by atoms with Crippen molar-refractivity contribution in [2.45, 2.75) is 45.4 Å². The van der Waals surface area contributed by atoms with E-state index in [0.29, 0.717) is 117 Å². The molecular weight excluding hydrogens is 532 g/mol. The fraction of sp³-hybridized carbons (Fsp3) is 0.774. The van der Waals surface area contributed by atoms with Gasteiger partial charge in [-0.05, 0) is 30.7 Å². The number of hydrogen-bond donors (Lipinski definition) is 0. The van der Waals surface area contributed by atoms with Gasteiger partial charge in [-0.15, -0.1) is 0 Å². The van der Waals surface area contributed by atoms with Crippen molar-refractivity contribution in [2.75, 3.05) is 112 Å². The van der Waals surface area contributed by atoms with Crippen molar-refractivity contribution >= 4 is 6.29 Å². The molecular formula is C31H54O10. The summed E-state index contributed by atoms with van der Waals surface area (Å²) in [5.74, 6) is 0.710. The minimum absolute atomic E-state index is 0.438. The summed E-state index contributed by atoms with van der Waals surface area (Å²) >= 11 is 0. The van der Waals surface area contributed by atoms with E-state index in [0.717, 1.165) is 19.3 Å². The van der Waals surface area contributed by atoms with Gasteiger partial charge in [-0.25, -0.2) is 0 Å². The highest BCUT2D eigenvalue weighted by atomic mass is 16.6. The predicted molar refractivity (Wildman–Crippen MR) is 157 cm³/mol. The SMILES string of the molecule is CCCCCCCCOCCOCCOCCOCCOCCOCCOCCOCCOc1ccc(C=O)cc1. The van der Waals surface area contributed by atoms with Crippen molar-refractivity contribution in [1.29, 1.82) is 0 Å². The molecule has 238 valence electrons. The number of unbranched alkanes of at least 4 members (excludes halogenated alkanes) is 5. The van der Waals surface area contributed by atoms with Crippen LogP contribution in [0.3, 0.4) is 0 Å². The lowest BCUT2D eigenvalue weighted by atomic mass is 10.1. The Labute approximate surface area is 247 Å². The molecule has 0 saturated carbocycles. The van der Waals surface area contributed by atoms with Crippen LogP contribution in [0.2, 0.25) is 0 Å². The van der Waals surface area contributed by atoms with Crippen molar-refractivity contribution in [1.82, 2.24) is 0 Å². The number of carbonyl (C=O) groups excluding carboxylic acids is 1. The second-order valence-electron chi connectivity index (χ2n) is 9.20. The minimum atomic E-state index is 0.438. The van der Waals surface area contributed by atoms with E-state index >= 15 is 0 Å². The first-order valence-corrected chi connectivity index (χ1v) is 15.2. The van der Waals surface area contributed by atoms with Crippen LogP contribution < -0.4 is 4.74 Å². The van der Waals surface area contributed by atoms with E-state index in [4.69, 9.17) is 42.6 Å². The van der Waals surface area contributed by atoms with Crippen molar-refractivity contribution in [3.05, 3.63) is 29.8 Å². The first-order chi connectivity index (χ1) is 20.4. The number of carbonyl (C=O) groups is 1. The third-order valence-corrected chi connectivity index (χ3v) is 5.76. The monoisotopic (exact) mass is 586 g/mol. The zero-order valence-corrected chi connectivity index (χ0v) is 25.2. The van der Waals surface area contributed by atoms with Crippen LogP contribution in [0.4, 0.5) is 0 Å². The summed E-state index contributed by atoms with van der Waals surface area (Å²) in [6.07, 6.45) is 8.48. The summed E-state index contributed by atoms with van der Waals surface area (Å²) in [5, 5.41) is 0. The molecule has 0 N–H and O–H groups in total. The summed E-state index contributed by atoms with van der Waals surface area (Å²) in [7, 11) is 0.